The van der Waals surface area contributed by atoms with E-state index in [1.165, 1.54) is 5.56 Å². The fourth-order valence-electron chi connectivity index (χ4n) is 1.84. The Morgan fingerprint density at radius 1 is 1.27 bits per heavy atom. The predicted octanol–water partition coefficient (Wildman–Crippen LogP) is 3.48. The first kappa shape index (κ1) is 21.5. The van der Waals surface area contributed by atoms with Crippen LogP contribution in [0, 0.1) is 0 Å². The summed E-state index contributed by atoms with van der Waals surface area (Å²) < 4.78 is 5.49. The van der Waals surface area contributed by atoms with Crippen LogP contribution in [-0.2, 0) is 11.2 Å². The van der Waals surface area contributed by atoms with Crippen molar-refractivity contribution in [2.24, 2.45) is 4.99 Å². The molecule has 0 radical (unpaired) electrons. The van der Waals surface area contributed by atoms with Gasteiger partial charge >= 0.3 is 0 Å². The number of aliphatic imine (C=N–C) groups is 1. The van der Waals surface area contributed by atoms with Crippen molar-refractivity contribution >= 4 is 41.5 Å². The third-order valence-corrected chi connectivity index (χ3v) is 3.12. The minimum atomic E-state index is 0. The molecule has 0 aliphatic heterocycles. The lowest BCUT2D eigenvalue weighted by Gasteiger charge is -2.12. The van der Waals surface area contributed by atoms with Crippen molar-refractivity contribution in [1.82, 2.24) is 10.6 Å². The number of nitrogens with zero attached hydrogens (tertiary/aromatic N) is 1. The van der Waals surface area contributed by atoms with Crippen molar-refractivity contribution in [3.63, 3.8) is 0 Å². The maximum absolute atomic E-state index is 5.97. The van der Waals surface area contributed by atoms with E-state index >= 15 is 0 Å². The number of guanidine groups is 1. The highest BCUT2D eigenvalue weighted by molar-refractivity contribution is 14.0. The molecule has 1 rings (SSSR count). The molecule has 0 bridgehead atoms. The molecule has 0 aromatic heterocycles. The van der Waals surface area contributed by atoms with E-state index in [0.717, 1.165) is 43.5 Å². The van der Waals surface area contributed by atoms with E-state index in [9.17, 15) is 0 Å². The van der Waals surface area contributed by atoms with E-state index in [4.69, 9.17) is 16.3 Å². The molecule has 0 saturated heterocycles. The first-order valence-electron chi connectivity index (χ1n) is 7.42. The smallest absolute Gasteiger partial charge is 0.190 e. The zero-order valence-electron chi connectivity index (χ0n) is 13.6. The Labute approximate surface area is 156 Å². The molecule has 0 fully saturated rings. The van der Waals surface area contributed by atoms with Crippen LogP contribution in [0.4, 0.5) is 0 Å². The van der Waals surface area contributed by atoms with Gasteiger partial charge in [0.25, 0.3) is 0 Å². The average molecular weight is 440 g/mol. The normalized spacial score (nSPS) is 11.2. The van der Waals surface area contributed by atoms with Crippen LogP contribution < -0.4 is 10.6 Å². The van der Waals surface area contributed by atoms with Gasteiger partial charge in [-0.15, -0.1) is 24.0 Å². The Hall–Kier alpha value is -0.530. The van der Waals surface area contributed by atoms with Gasteiger partial charge in [0.2, 0.25) is 0 Å². The topological polar surface area (TPSA) is 45.7 Å². The van der Waals surface area contributed by atoms with Crippen LogP contribution in [0.25, 0.3) is 0 Å². The highest BCUT2D eigenvalue weighted by Crippen LogP contribution is 2.10. The number of benzene rings is 1. The fraction of sp³-hybridized carbons (Fsp3) is 0.562. The lowest BCUT2D eigenvalue weighted by Crippen LogP contribution is -2.39. The third-order valence-electron chi connectivity index (χ3n) is 2.88. The third kappa shape index (κ3) is 10.2. The Morgan fingerprint density at radius 2 is 2.00 bits per heavy atom. The quantitative estimate of drug-likeness (QED) is 0.282. The molecule has 0 atom stereocenters. The molecule has 4 nitrogen and oxygen atoms in total. The molecule has 22 heavy (non-hydrogen) atoms. The minimum absolute atomic E-state index is 0. The first-order valence-corrected chi connectivity index (χ1v) is 7.80. The summed E-state index contributed by atoms with van der Waals surface area (Å²) in [7, 11) is 1.78. The second-order valence-electron chi connectivity index (χ2n) is 5.08. The van der Waals surface area contributed by atoms with E-state index in [2.05, 4.69) is 21.7 Å². The van der Waals surface area contributed by atoms with E-state index in [-0.39, 0.29) is 24.0 Å². The largest absolute Gasteiger partial charge is 0.379 e. The Bertz CT molecular complexity index is 441. The molecule has 0 spiro atoms. The Morgan fingerprint density at radius 3 is 2.64 bits per heavy atom. The molecule has 0 unspecified atom stereocenters. The molecule has 1 aromatic carbocycles. The van der Waals surface area contributed by atoms with E-state index in [0.29, 0.717) is 6.10 Å². The molecule has 0 aliphatic carbocycles. The molecule has 0 aliphatic rings. The van der Waals surface area contributed by atoms with Crippen LogP contribution in [0.5, 0.6) is 0 Å². The zero-order valence-corrected chi connectivity index (χ0v) is 16.7. The SMILES string of the molecule is CN=C(NCCCOC(C)C)NCCc1cccc(Cl)c1.I. The van der Waals surface area contributed by atoms with Gasteiger partial charge in [0.05, 0.1) is 6.10 Å². The first-order chi connectivity index (χ1) is 10.1. The summed E-state index contributed by atoms with van der Waals surface area (Å²) in [5.41, 5.74) is 1.22. The molecule has 0 heterocycles. The van der Waals surface area contributed by atoms with Crippen molar-refractivity contribution < 1.29 is 4.74 Å². The van der Waals surface area contributed by atoms with Gasteiger partial charge in [-0.3, -0.25) is 4.99 Å². The van der Waals surface area contributed by atoms with Gasteiger partial charge in [0.1, 0.15) is 0 Å². The standard InChI is InChI=1S/C16H26ClN3O.HI/c1-13(2)21-11-5-9-19-16(18-3)20-10-8-14-6-4-7-15(17)12-14;/h4,6-7,12-13H,5,8-11H2,1-3H3,(H2,18,19,20);1H. The Kier molecular flexibility index (Phi) is 12.6. The summed E-state index contributed by atoms with van der Waals surface area (Å²) in [5, 5.41) is 7.34. The highest BCUT2D eigenvalue weighted by atomic mass is 127. The maximum atomic E-state index is 5.97. The van der Waals surface area contributed by atoms with Gasteiger partial charge in [0, 0.05) is 31.8 Å². The Balaban J connectivity index is 0.00000441. The summed E-state index contributed by atoms with van der Waals surface area (Å²) in [6, 6.07) is 7.92. The lowest BCUT2D eigenvalue weighted by atomic mass is 10.1. The molecular formula is C16H27ClIN3O. The molecule has 6 heteroatoms. The van der Waals surface area contributed by atoms with E-state index in [1.807, 2.05) is 32.0 Å². The number of ether oxygens (including phenoxy) is 1. The lowest BCUT2D eigenvalue weighted by molar-refractivity contribution is 0.0776. The van der Waals surface area contributed by atoms with Crippen LogP contribution in [0.3, 0.4) is 0 Å². The van der Waals surface area contributed by atoms with Crippen LogP contribution >= 0.6 is 35.6 Å². The number of nitrogens with one attached hydrogen (secondary N) is 2. The van der Waals surface area contributed by atoms with Crippen LogP contribution in [0.2, 0.25) is 5.02 Å². The summed E-state index contributed by atoms with van der Waals surface area (Å²) in [6.07, 6.45) is 2.17. The molecular weight excluding hydrogens is 413 g/mol. The van der Waals surface area contributed by atoms with Crippen LogP contribution in [0.15, 0.2) is 29.3 Å². The molecule has 0 saturated carbocycles. The zero-order chi connectivity index (χ0) is 15.5. The second kappa shape index (κ2) is 13.0. The summed E-state index contributed by atoms with van der Waals surface area (Å²) in [5.74, 6) is 0.821. The van der Waals surface area contributed by atoms with Crippen molar-refractivity contribution in [1.29, 1.82) is 0 Å². The van der Waals surface area contributed by atoms with Gasteiger partial charge in [-0.2, -0.15) is 0 Å². The summed E-state index contributed by atoms with van der Waals surface area (Å²) >= 11 is 5.97. The minimum Gasteiger partial charge on any atom is -0.379 e. The number of hydrogen-bond acceptors (Lipinski definition) is 2. The van der Waals surface area contributed by atoms with Crippen molar-refractivity contribution in [3.05, 3.63) is 34.9 Å². The van der Waals surface area contributed by atoms with Crippen molar-refractivity contribution in [2.75, 3.05) is 26.7 Å². The fourth-order valence-corrected chi connectivity index (χ4v) is 2.05. The van der Waals surface area contributed by atoms with E-state index in [1.54, 1.807) is 7.05 Å². The molecule has 0 amide bonds. The van der Waals surface area contributed by atoms with Gasteiger partial charge in [-0.05, 0) is 44.4 Å². The van der Waals surface area contributed by atoms with Crippen molar-refractivity contribution in [3.8, 4) is 0 Å². The van der Waals surface area contributed by atoms with Gasteiger partial charge in [-0.25, -0.2) is 0 Å². The van der Waals surface area contributed by atoms with Gasteiger partial charge in [0.15, 0.2) is 5.96 Å². The molecule has 2 N–H and O–H groups in total. The monoisotopic (exact) mass is 439 g/mol. The second-order valence-corrected chi connectivity index (χ2v) is 5.52. The molecule has 126 valence electrons. The van der Waals surface area contributed by atoms with Gasteiger partial charge < -0.3 is 15.4 Å². The predicted molar refractivity (Wildman–Crippen MR) is 106 cm³/mol. The highest BCUT2D eigenvalue weighted by Gasteiger charge is 1.99. The van der Waals surface area contributed by atoms with E-state index < -0.39 is 0 Å². The number of hydrogen-bond donors (Lipinski definition) is 2. The van der Waals surface area contributed by atoms with Crippen LogP contribution in [0.1, 0.15) is 25.8 Å². The van der Waals surface area contributed by atoms with Crippen molar-refractivity contribution in [2.45, 2.75) is 32.8 Å². The number of rotatable bonds is 8. The summed E-state index contributed by atoms with van der Waals surface area (Å²) in [6.45, 7) is 6.53. The average Bonchev–Trinajstić information content (AvgIpc) is 2.45. The van der Waals surface area contributed by atoms with Crippen LogP contribution in [-0.4, -0.2) is 38.8 Å². The number of halogens is 2. The molecule has 1 aromatic rings. The van der Waals surface area contributed by atoms with Gasteiger partial charge in [-0.1, -0.05) is 23.7 Å². The maximum Gasteiger partial charge on any atom is 0.190 e. The summed E-state index contributed by atoms with van der Waals surface area (Å²) in [4.78, 5) is 4.20.